The molecule has 1 aromatic carbocycles. The van der Waals surface area contributed by atoms with E-state index in [1.165, 1.54) is 31.3 Å². The summed E-state index contributed by atoms with van der Waals surface area (Å²) in [6.45, 7) is 1.15. The number of hydrogen-bond donors (Lipinski definition) is 2. The predicted molar refractivity (Wildman–Crippen MR) is 139 cm³/mol. The molecule has 1 aliphatic rings. The first-order chi connectivity index (χ1) is 18.8. The summed E-state index contributed by atoms with van der Waals surface area (Å²) < 4.78 is 74.5. The summed E-state index contributed by atoms with van der Waals surface area (Å²) in [4.78, 5) is 28.8. The van der Waals surface area contributed by atoms with E-state index in [-0.39, 0.29) is 45.4 Å². The lowest BCUT2D eigenvalue weighted by atomic mass is 10.0. The minimum atomic E-state index is -4.53. The molecule has 3 heterocycles. The largest absolute Gasteiger partial charge is 0.447 e. The zero-order valence-corrected chi connectivity index (χ0v) is 22.9. The van der Waals surface area contributed by atoms with Gasteiger partial charge in [0.2, 0.25) is 0 Å². The van der Waals surface area contributed by atoms with E-state index >= 15 is 0 Å². The summed E-state index contributed by atoms with van der Waals surface area (Å²) in [6.07, 6.45) is 0.791. The van der Waals surface area contributed by atoms with Crippen LogP contribution in [-0.2, 0) is 21.2 Å². The number of rotatable bonds is 7. The second-order valence-corrected chi connectivity index (χ2v) is 11.4. The van der Waals surface area contributed by atoms with Crippen LogP contribution in [0.3, 0.4) is 0 Å². The molecule has 4 rings (SSSR count). The number of alkyl halides is 2. The van der Waals surface area contributed by atoms with E-state index in [0.29, 0.717) is 6.20 Å². The fourth-order valence-electron chi connectivity index (χ4n) is 4.10. The number of carbonyl (C=O) groups excluding carboxylic acids is 2. The van der Waals surface area contributed by atoms with E-state index in [1.54, 1.807) is 13.8 Å². The van der Waals surface area contributed by atoms with E-state index < -0.39 is 57.0 Å². The molecule has 0 saturated carbocycles. The molecule has 0 bridgehead atoms. The van der Waals surface area contributed by atoms with Gasteiger partial charge in [-0.15, -0.1) is 0 Å². The Labute approximate surface area is 232 Å². The van der Waals surface area contributed by atoms with Gasteiger partial charge in [0.05, 0.1) is 64.4 Å². The van der Waals surface area contributed by atoms with Crippen LogP contribution in [0.2, 0.25) is 5.02 Å². The molecule has 0 spiro atoms. The Morgan fingerprint density at radius 2 is 1.98 bits per heavy atom. The van der Waals surface area contributed by atoms with Gasteiger partial charge in [0.1, 0.15) is 10.7 Å². The molecule has 1 aliphatic heterocycles. The van der Waals surface area contributed by atoms with Gasteiger partial charge in [0.15, 0.2) is 0 Å². The number of hydrogen-bond acceptors (Lipinski definition) is 7. The highest BCUT2D eigenvalue weighted by atomic mass is 35.5. The molecule has 2 N–H and O–H groups in total. The molecular formula is C24H24ClF3N6O5S. The fourth-order valence-corrected chi connectivity index (χ4v) is 6.04. The van der Waals surface area contributed by atoms with Crippen molar-refractivity contribution in [3.8, 4) is 0 Å². The maximum Gasteiger partial charge on any atom is 0.407 e. The number of pyridine rings is 1. The van der Waals surface area contributed by atoms with Gasteiger partial charge in [-0.05, 0) is 39.0 Å². The number of carbonyl (C=O) groups is 2. The van der Waals surface area contributed by atoms with Crippen molar-refractivity contribution in [2.24, 2.45) is 0 Å². The lowest BCUT2D eigenvalue weighted by molar-refractivity contribution is 0.0561. The molecule has 0 fully saturated rings. The maximum absolute atomic E-state index is 14.3. The first-order valence-corrected chi connectivity index (χ1v) is 13.7. The van der Waals surface area contributed by atoms with Gasteiger partial charge in [0.25, 0.3) is 15.9 Å². The fraction of sp³-hybridized carbons (Fsp3) is 0.333. The first-order valence-electron chi connectivity index (χ1n) is 11.9. The normalized spacial score (nSPS) is 15.2. The summed E-state index contributed by atoms with van der Waals surface area (Å²) in [6, 6.07) is 4.21. The smallest absolute Gasteiger partial charge is 0.407 e. The van der Waals surface area contributed by atoms with E-state index in [1.807, 2.05) is 0 Å². The molecule has 2 aromatic heterocycles. The summed E-state index contributed by atoms with van der Waals surface area (Å²) in [5, 5.41) is 8.48. The van der Waals surface area contributed by atoms with Crippen molar-refractivity contribution in [2.75, 3.05) is 16.2 Å². The van der Waals surface area contributed by atoms with Crippen molar-refractivity contribution in [1.29, 1.82) is 0 Å². The van der Waals surface area contributed by atoms with Gasteiger partial charge in [0, 0.05) is 6.42 Å². The number of halogens is 4. The van der Waals surface area contributed by atoms with E-state index in [9.17, 15) is 31.2 Å². The molecule has 2 amide bonds. The Kier molecular flexibility index (Phi) is 8.25. The summed E-state index contributed by atoms with van der Waals surface area (Å²) >= 11 is 5.97. The summed E-state index contributed by atoms with van der Waals surface area (Å²) in [7, 11) is -4.53. The Morgan fingerprint density at radius 1 is 1.25 bits per heavy atom. The molecule has 0 saturated heterocycles. The zero-order valence-electron chi connectivity index (χ0n) is 21.4. The minimum Gasteiger partial charge on any atom is -0.447 e. The summed E-state index contributed by atoms with van der Waals surface area (Å²) in [5.41, 5.74) is -0.367. The Bertz CT molecular complexity index is 1550. The monoisotopic (exact) mass is 600 g/mol. The van der Waals surface area contributed by atoms with Crippen LogP contribution in [0.25, 0.3) is 0 Å². The third kappa shape index (κ3) is 5.99. The number of ether oxygens (including phenoxy) is 1. The lowest BCUT2D eigenvalue weighted by Gasteiger charge is -2.35. The van der Waals surface area contributed by atoms with Crippen LogP contribution in [0, 0.1) is 12.7 Å². The number of nitrogens with zero attached hydrogens (tertiary/aromatic N) is 4. The third-order valence-corrected chi connectivity index (χ3v) is 7.99. The maximum atomic E-state index is 14.3. The molecule has 0 radical (unpaired) electrons. The minimum absolute atomic E-state index is 0.00824. The number of amides is 2. The Hall–Kier alpha value is -3.85. The SMILES string of the molecule is Cc1nn(C(F)F)cc1S(=O)(=O)N1C[C@H](NC(=O)OC(C)C)Cc2ncc(NC(=O)c3c(F)cccc3Cl)cc21. The van der Waals surface area contributed by atoms with Gasteiger partial charge < -0.3 is 15.4 Å². The second kappa shape index (κ2) is 11.3. The number of benzene rings is 1. The van der Waals surface area contributed by atoms with Crippen molar-refractivity contribution >= 4 is 45.0 Å². The van der Waals surface area contributed by atoms with Crippen LogP contribution in [0.5, 0.6) is 0 Å². The number of aromatic nitrogens is 3. The van der Waals surface area contributed by atoms with Gasteiger partial charge in [-0.25, -0.2) is 22.3 Å². The Morgan fingerprint density at radius 3 is 2.60 bits per heavy atom. The van der Waals surface area contributed by atoms with Crippen molar-refractivity contribution in [3.63, 3.8) is 0 Å². The van der Waals surface area contributed by atoms with Crippen LogP contribution in [0.1, 0.15) is 42.1 Å². The molecule has 0 aliphatic carbocycles. The third-order valence-electron chi connectivity index (χ3n) is 5.79. The van der Waals surface area contributed by atoms with Crippen molar-refractivity contribution < 1.29 is 35.9 Å². The molecule has 214 valence electrons. The van der Waals surface area contributed by atoms with Gasteiger partial charge >= 0.3 is 12.6 Å². The molecular weight excluding hydrogens is 577 g/mol. The number of alkyl carbamates (subject to hydrolysis) is 1. The van der Waals surface area contributed by atoms with Crippen LogP contribution >= 0.6 is 11.6 Å². The van der Waals surface area contributed by atoms with Gasteiger partial charge in [-0.2, -0.15) is 13.9 Å². The van der Waals surface area contributed by atoms with Crippen molar-refractivity contribution in [2.45, 2.75) is 50.8 Å². The van der Waals surface area contributed by atoms with Crippen molar-refractivity contribution in [3.05, 3.63) is 64.5 Å². The molecule has 40 heavy (non-hydrogen) atoms. The number of nitrogens with one attached hydrogen (secondary N) is 2. The van der Waals surface area contributed by atoms with Gasteiger partial charge in [-0.1, -0.05) is 17.7 Å². The average molecular weight is 601 g/mol. The standard InChI is InChI=1S/C24H24ClF3N6O5S/c1-12(2)39-24(36)31-15-7-18-19(34(10-15)40(37,38)20-11-33(23(27)28)32-13(20)3)8-14(9-29-18)30-22(35)21-16(25)5-4-6-17(21)26/h4-6,8-9,11-12,15,23H,7,10H2,1-3H3,(H,30,35)(H,31,36)/t15-/m1/s1. The quantitative estimate of drug-likeness (QED) is 0.413. The molecule has 16 heteroatoms. The number of anilines is 2. The lowest BCUT2D eigenvalue weighted by Crippen LogP contribution is -2.50. The van der Waals surface area contributed by atoms with Crippen LogP contribution in [-0.4, -0.2) is 53.9 Å². The highest BCUT2D eigenvalue weighted by Crippen LogP contribution is 2.34. The number of fused-ring (bicyclic) bond motifs is 1. The van der Waals surface area contributed by atoms with Crippen LogP contribution in [0.15, 0.2) is 41.6 Å². The molecule has 3 aromatic rings. The first kappa shape index (κ1) is 29.1. The predicted octanol–water partition coefficient (Wildman–Crippen LogP) is 4.28. The van der Waals surface area contributed by atoms with E-state index in [2.05, 4.69) is 20.7 Å². The van der Waals surface area contributed by atoms with Crippen molar-refractivity contribution in [1.82, 2.24) is 20.1 Å². The Balaban J connectivity index is 1.74. The van der Waals surface area contributed by atoms with Gasteiger partial charge in [-0.3, -0.25) is 14.1 Å². The second-order valence-electron chi connectivity index (χ2n) is 9.11. The van der Waals surface area contributed by atoms with E-state index in [0.717, 1.165) is 10.4 Å². The topological polar surface area (TPSA) is 136 Å². The molecule has 0 unspecified atom stereocenters. The number of sulfonamides is 1. The highest BCUT2D eigenvalue weighted by molar-refractivity contribution is 7.92. The number of aryl methyl sites for hydroxylation is 1. The highest BCUT2D eigenvalue weighted by Gasteiger charge is 2.37. The van der Waals surface area contributed by atoms with Crippen LogP contribution < -0.4 is 14.9 Å². The molecule has 1 atom stereocenters. The average Bonchev–Trinajstić information content (AvgIpc) is 3.26. The summed E-state index contributed by atoms with van der Waals surface area (Å²) in [5.74, 6) is -1.77. The molecule has 11 nitrogen and oxygen atoms in total. The zero-order chi connectivity index (χ0) is 29.4. The van der Waals surface area contributed by atoms with Crippen LogP contribution in [0.4, 0.5) is 29.3 Å². The van der Waals surface area contributed by atoms with E-state index in [4.69, 9.17) is 16.3 Å².